The normalized spacial score (nSPS) is 15.4. The number of hydrogen-bond acceptors (Lipinski definition) is 4. The summed E-state index contributed by atoms with van der Waals surface area (Å²) in [5, 5.41) is 2.32. The molecule has 0 heterocycles. The lowest BCUT2D eigenvalue weighted by Gasteiger charge is -2.22. The topological polar surface area (TPSA) is 73.6 Å². The third-order valence-electron chi connectivity index (χ3n) is 1.78. The third-order valence-corrected chi connectivity index (χ3v) is 1.78. The molecule has 0 aromatic rings. The fraction of sp³-hybridized carbons (Fsp3) is 0.900. The number of carbonyl (C=O) groups is 1. The molecule has 0 bridgehead atoms. The van der Waals surface area contributed by atoms with Gasteiger partial charge in [0.1, 0.15) is 17.9 Å². The van der Waals surface area contributed by atoms with E-state index in [-0.39, 0.29) is 13.1 Å². The Kier molecular flexibility index (Phi) is 6.28. The molecule has 3 N–H and O–H groups in total. The van der Waals surface area contributed by atoms with Gasteiger partial charge in [-0.15, -0.1) is 0 Å². The third kappa shape index (κ3) is 6.58. The van der Waals surface area contributed by atoms with Crippen LogP contribution in [-0.4, -0.2) is 44.2 Å². The molecule has 16 heavy (non-hydrogen) atoms. The highest BCUT2D eigenvalue weighted by atomic mass is 19.1. The first-order valence-electron chi connectivity index (χ1n) is 5.14. The van der Waals surface area contributed by atoms with Gasteiger partial charge in [-0.2, -0.15) is 0 Å². The van der Waals surface area contributed by atoms with E-state index >= 15 is 0 Å². The van der Waals surface area contributed by atoms with Gasteiger partial charge in [-0.25, -0.2) is 9.18 Å². The van der Waals surface area contributed by atoms with Crippen LogP contribution in [0.1, 0.15) is 20.8 Å². The van der Waals surface area contributed by atoms with E-state index in [9.17, 15) is 9.18 Å². The monoisotopic (exact) mass is 236 g/mol. The lowest BCUT2D eigenvalue weighted by atomic mass is 10.2. The molecule has 96 valence electrons. The van der Waals surface area contributed by atoms with Crippen LogP contribution in [0.5, 0.6) is 0 Å². The maximum absolute atomic E-state index is 13.4. The average molecular weight is 236 g/mol. The zero-order chi connectivity index (χ0) is 12.8. The number of methoxy groups -OCH3 is 1. The van der Waals surface area contributed by atoms with Crippen LogP contribution < -0.4 is 11.1 Å². The molecule has 2 atom stereocenters. The summed E-state index contributed by atoms with van der Waals surface area (Å²) in [7, 11) is 1.37. The summed E-state index contributed by atoms with van der Waals surface area (Å²) >= 11 is 0. The Morgan fingerprint density at radius 2 is 2.06 bits per heavy atom. The highest BCUT2D eigenvalue weighted by Crippen LogP contribution is 2.07. The average Bonchev–Trinajstić information content (AvgIpc) is 2.14. The molecule has 2 unspecified atom stereocenters. The van der Waals surface area contributed by atoms with E-state index in [1.165, 1.54) is 7.11 Å². The first-order chi connectivity index (χ1) is 7.30. The Morgan fingerprint density at radius 1 is 1.50 bits per heavy atom. The van der Waals surface area contributed by atoms with Gasteiger partial charge in [0.25, 0.3) is 0 Å². The van der Waals surface area contributed by atoms with Crippen molar-refractivity contribution in [2.45, 2.75) is 38.6 Å². The molecule has 0 aliphatic rings. The van der Waals surface area contributed by atoms with Crippen LogP contribution in [0, 0.1) is 0 Å². The van der Waals surface area contributed by atoms with Crippen molar-refractivity contribution in [3.8, 4) is 0 Å². The van der Waals surface area contributed by atoms with Gasteiger partial charge in [0.2, 0.25) is 0 Å². The predicted molar refractivity (Wildman–Crippen MR) is 59.0 cm³/mol. The van der Waals surface area contributed by atoms with E-state index in [2.05, 4.69) is 5.32 Å². The van der Waals surface area contributed by atoms with Crippen LogP contribution in [0.4, 0.5) is 9.18 Å². The zero-order valence-electron chi connectivity index (χ0n) is 10.2. The first-order valence-corrected chi connectivity index (χ1v) is 5.14. The minimum atomic E-state index is -1.34. The van der Waals surface area contributed by atoms with E-state index < -0.39 is 24.0 Å². The fourth-order valence-corrected chi connectivity index (χ4v) is 1.02. The largest absolute Gasteiger partial charge is 0.444 e. The Balaban J connectivity index is 3.92. The maximum Gasteiger partial charge on any atom is 0.407 e. The molecule has 1 amide bonds. The van der Waals surface area contributed by atoms with Crippen LogP contribution in [0.25, 0.3) is 0 Å². The molecule has 0 fully saturated rings. The van der Waals surface area contributed by atoms with Gasteiger partial charge in [-0.1, -0.05) is 0 Å². The van der Waals surface area contributed by atoms with Crippen LogP contribution in [0.15, 0.2) is 0 Å². The van der Waals surface area contributed by atoms with Gasteiger partial charge in [-0.05, 0) is 20.8 Å². The van der Waals surface area contributed by atoms with Crippen molar-refractivity contribution >= 4 is 6.09 Å². The molecule has 0 saturated heterocycles. The van der Waals surface area contributed by atoms with Crippen molar-refractivity contribution in [3.05, 3.63) is 0 Å². The summed E-state index contributed by atoms with van der Waals surface area (Å²) < 4.78 is 23.1. The lowest BCUT2D eigenvalue weighted by Crippen LogP contribution is -2.42. The van der Waals surface area contributed by atoms with E-state index in [1.807, 2.05) is 0 Å². The van der Waals surface area contributed by atoms with E-state index in [4.69, 9.17) is 15.2 Å². The Morgan fingerprint density at radius 3 is 2.44 bits per heavy atom. The SMILES string of the molecule is COC(CN)C(F)CNC(=O)OC(C)(C)C. The summed E-state index contributed by atoms with van der Waals surface area (Å²) in [6.07, 6.45) is -2.71. The summed E-state index contributed by atoms with van der Waals surface area (Å²) in [5.74, 6) is 0. The Hall–Kier alpha value is -0.880. The second kappa shape index (κ2) is 6.65. The molecule has 0 aliphatic carbocycles. The van der Waals surface area contributed by atoms with Gasteiger partial charge < -0.3 is 20.5 Å². The summed E-state index contributed by atoms with van der Waals surface area (Å²) in [6.45, 7) is 5.09. The van der Waals surface area contributed by atoms with Crippen LogP contribution >= 0.6 is 0 Å². The minimum absolute atomic E-state index is 0.0632. The minimum Gasteiger partial charge on any atom is -0.444 e. The molecule has 0 aliphatic heterocycles. The van der Waals surface area contributed by atoms with Crippen molar-refractivity contribution < 1.29 is 18.7 Å². The number of halogens is 1. The number of amides is 1. The number of nitrogens with one attached hydrogen (secondary N) is 1. The molecule has 0 rings (SSSR count). The van der Waals surface area contributed by atoms with Crippen molar-refractivity contribution in [3.63, 3.8) is 0 Å². The molecular formula is C10H21FN2O3. The fourth-order valence-electron chi connectivity index (χ4n) is 1.02. The van der Waals surface area contributed by atoms with Crippen molar-refractivity contribution in [2.75, 3.05) is 20.2 Å². The lowest BCUT2D eigenvalue weighted by molar-refractivity contribution is 0.0301. The van der Waals surface area contributed by atoms with Crippen LogP contribution in [0.2, 0.25) is 0 Å². The number of alkyl carbamates (subject to hydrolysis) is 1. The highest BCUT2D eigenvalue weighted by molar-refractivity contribution is 5.67. The molecule has 6 heteroatoms. The number of rotatable bonds is 5. The van der Waals surface area contributed by atoms with Gasteiger partial charge >= 0.3 is 6.09 Å². The van der Waals surface area contributed by atoms with E-state index in [1.54, 1.807) is 20.8 Å². The summed E-state index contributed by atoms with van der Waals surface area (Å²) in [5.41, 5.74) is 4.69. The van der Waals surface area contributed by atoms with Crippen LogP contribution in [0.3, 0.4) is 0 Å². The van der Waals surface area contributed by atoms with Gasteiger partial charge in [0.05, 0.1) is 6.54 Å². The number of alkyl halides is 1. The number of hydrogen-bond donors (Lipinski definition) is 2. The number of nitrogens with two attached hydrogens (primary N) is 1. The molecule has 0 spiro atoms. The zero-order valence-corrected chi connectivity index (χ0v) is 10.2. The van der Waals surface area contributed by atoms with Crippen LogP contribution in [-0.2, 0) is 9.47 Å². The second-order valence-electron chi connectivity index (χ2n) is 4.41. The molecule has 5 nitrogen and oxygen atoms in total. The predicted octanol–water partition coefficient (Wildman–Crippen LogP) is 0.823. The highest BCUT2D eigenvalue weighted by Gasteiger charge is 2.21. The van der Waals surface area contributed by atoms with Gasteiger partial charge in [0, 0.05) is 13.7 Å². The Labute approximate surface area is 95.5 Å². The molecule has 0 saturated carbocycles. The van der Waals surface area contributed by atoms with Crippen molar-refractivity contribution in [1.29, 1.82) is 0 Å². The number of carbonyl (C=O) groups excluding carboxylic acids is 1. The summed E-state index contributed by atoms with van der Waals surface area (Å²) in [4.78, 5) is 11.2. The maximum atomic E-state index is 13.4. The van der Waals surface area contributed by atoms with E-state index in [0.717, 1.165) is 0 Å². The standard InChI is InChI=1S/C10H21FN2O3/c1-10(2,3)16-9(14)13-6-7(11)8(5-12)15-4/h7-8H,5-6,12H2,1-4H3,(H,13,14). The second-order valence-corrected chi connectivity index (χ2v) is 4.41. The molecule has 0 aromatic carbocycles. The summed E-state index contributed by atoms with van der Waals surface area (Å²) in [6, 6.07) is 0. The number of ether oxygens (including phenoxy) is 2. The van der Waals surface area contributed by atoms with Crippen molar-refractivity contribution in [2.24, 2.45) is 5.73 Å². The molecule has 0 radical (unpaired) electrons. The van der Waals surface area contributed by atoms with Crippen molar-refractivity contribution in [1.82, 2.24) is 5.32 Å². The van der Waals surface area contributed by atoms with Gasteiger partial charge in [-0.3, -0.25) is 0 Å². The molecule has 0 aromatic heterocycles. The first kappa shape index (κ1) is 15.1. The quantitative estimate of drug-likeness (QED) is 0.741. The smallest absolute Gasteiger partial charge is 0.407 e. The van der Waals surface area contributed by atoms with E-state index in [0.29, 0.717) is 0 Å². The molecular weight excluding hydrogens is 215 g/mol. The van der Waals surface area contributed by atoms with Gasteiger partial charge in [0.15, 0.2) is 0 Å². The Bertz CT molecular complexity index is 215.